The molecule has 0 N–H and O–H groups in total. The molecule has 0 radical (unpaired) electrons. The van der Waals surface area contributed by atoms with Gasteiger partial charge in [0.05, 0.1) is 12.0 Å². The van der Waals surface area contributed by atoms with Crippen LogP contribution in [-0.2, 0) is 37.2 Å². The predicted octanol–water partition coefficient (Wildman–Crippen LogP) is 3.31. The third kappa shape index (κ3) is 4.96. The van der Waals surface area contributed by atoms with Crippen LogP contribution in [0.15, 0.2) is 53.4 Å². The van der Waals surface area contributed by atoms with Crippen LogP contribution in [0.2, 0.25) is 0 Å². The number of carbonyl (C=O) groups is 2. The first-order valence-corrected chi connectivity index (χ1v) is 12.9. The van der Waals surface area contributed by atoms with Crippen molar-refractivity contribution < 1.29 is 22.7 Å². The highest BCUT2D eigenvalue weighted by Gasteiger charge is 2.38. The van der Waals surface area contributed by atoms with Crippen molar-refractivity contribution in [3.8, 4) is 0 Å². The molecule has 2 aromatic carbocycles. The van der Waals surface area contributed by atoms with Gasteiger partial charge in [-0.05, 0) is 48.6 Å². The SMILES string of the molecule is COC(=O)C1Cc2ccccc2N1C(=O)CCc1ccc(S(=O)(=O)N2CCCCCC2)cc1. The second-order valence-corrected chi connectivity index (χ2v) is 10.5. The predicted molar refractivity (Wildman–Crippen MR) is 125 cm³/mol. The lowest BCUT2D eigenvalue weighted by molar-refractivity contribution is -0.143. The second kappa shape index (κ2) is 10.1. The van der Waals surface area contributed by atoms with Crippen LogP contribution in [0.5, 0.6) is 0 Å². The van der Waals surface area contributed by atoms with Crippen molar-refractivity contribution in [1.82, 2.24) is 4.31 Å². The van der Waals surface area contributed by atoms with Gasteiger partial charge in [-0.15, -0.1) is 0 Å². The van der Waals surface area contributed by atoms with Gasteiger partial charge in [0, 0.05) is 31.6 Å². The molecule has 0 aliphatic carbocycles. The normalized spacial score (nSPS) is 19.1. The fourth-order valence-electron chi connectivity index (χ4n) is 4.65. The van der Waals surface area contributed by atoms with Crippen molar-refractivity contribution in [2.45, 2.75) is 55.9 Å². The molecule has 1 unspecified atom stereocenters. The average molecular weight is 471 g/mol. The van der Waals surface area contributed by atoms with Crippen LogP contribution in [0.1, 0.15) is 43.2 Å². The van der Waals surface area contributed by atoms with E-state index in [1.54, 1.807) is 33.5 Å². The molecule has 33 heavy (non-hydrogen) atoms. The van der Waals surface area contributed by atoms with Crippen molar-refractivity contribution in [1.29, 1.82) is 0 Å². The molecule has 8 heteroatoms. The monoisotopic (exact) mass is 470 g/mol. The zero-order valence-electron chi connectivity index (χ0n) is 18.9. The molecule has 2 aromatic rings. The van der Waals surface area contributed by atoms with Crippen LogP contribution in [0, 0.1) is 0 Å². The van der Waals surface area contributed by atoms with Crippen LogP contribution in [0.25, 0.3) is 0 Å². The zero-order chi connectivity index (χ0) is 23.4. The molecule has 1 atom stereocenters. The molecule has 2 aliphatic heterocycles. The van der Waals surface area contributed by atoms with E-state index in [4.69, 9.17) is 4.74 Å². The molecular formula is C25H30N2O5S. The Morgan fingerprint density at radius 1 is 0.970 bits per heavy atom. The Labute approximate surface area is 195 Å². The Morgan fingerprint density at radius 3 is 2.30 bits per heavy atom. The molecular weight excluding hydrogens is 440 g/mol. The number of nitrogens with zero attached hydrogens (tertiary/aromatic N) is 2. The van der Waals surface area contributed by atoms with E-state index < -0.39 is 22.0 Å². The minimum absolute atomic E-state index is 0.156. The lowest BCUT2D eigenvalue weighted by Crippen LogP contribution is -2.43. The number of carbonyl (C=O) groups excluding carboxylic acids is 2. The number of fused-ring (bicyclic) bond motifs is 1. The van der Waals surface area contributed by atoms with E-state index in [0.29, 0.717) is 30.8 Å². The van der Waals surface area contributed by atoms with E-state index in [2.05, 4.69) is 0 Å². The lowest BCUT2D eigenvalue weighted by Gasteiger charge is -2.24. The van der Waals surface area contributed by atoms with Gasteiger partial charge in [-0.1, -0.05) is 43.2 Å². The fraction of sp³-hybridized carbons (Fsp3) is 0.440. The van der Waals surface area contributed by atoms with Crippen LogP contribution < -0.4 is 4.90 Å². The molecule has 2 heterocycles. The van der Waals surface area contributed by atoms with Gasteiger partial charge >= 0.3 is 5.97 Å². The molecule has 2 aliphatic rings. The highest BCUT2D eigenvalue weighted by atomic mass is 32.2. The van der Waals surface area contributed by atoms with E-state index in [0.717, 1.165) is 42.5 Å². The Kier molecular flexibility index (Phi) is 7.14. The molecule has 7 nitrogen and oxygen atoms in total. The van der Waals surface area contributed by atoms with Crippen molar-refractivity contribution >= 4 is 27.6 Å². The first-order valence-electron chi connectivity index (χ1n) is 11.5. The minimum Gasteiger partial charge on any atom is -0.467 e. The summed E-state index contributed by atoms with van der Waals surface area (Å²) in [5.41, 5.74) is 2.57. The molecule has 4 rings (SSSR count). The van der Waals surface area contributed by atoms with Crippen molar-refractivity contribution in [3.05, 3.63) is 59.7 Å². The van der Waals surface area contributed by atoms with Crippen molar-refractivity contribution in [2.24, 2.45) is 0 Å². The number of hydrogen-bond donors (Lipinski definition) is 0. The number of para-hydroxylation sites is 1. The highest BCUT2D eigenvalue weighted by Crippen LogP contribution is 2.33. The third-order valence-corrected chi connectivity index (χ3v) is 8.38. The smallest absolute Gasteiger partial charge is 0.329 e. The Hall–Kier alpha value is -2.71. The zero-order valence-corrected chi connectivity index (χ0v) is 19.7. The van der Waals surface area contributed by atoms with Crippen molar-refractivity contribution in [2.75, 3.05) is 25.1 Å². The number of ether oxygens (including phenoxy) is 1. The summed E-state index contributed by atoms with van der Waals surface area (Å²) in [6.07, 6.45) is 5.03. The summed E-state index contributed by atoms with van der Waals surface area (Å²) in [6, 6.07) is 13.7. The van der Waals surface area contributed by atoms with Crippen LogP contribution in [0.3, 0.4) is 0 Å². The Morgan fingerprint density at radius 2 is 1.64 bits per heavy atom. The van der Waals surface area contributed by atoms with Crippen molar-refractivity contribution in [3.63, 3.8) is 0 Å². The van der Waals surface area contributed by atoms with Gasteiger partial charge in [-0.2, -0.15) is 4.31 Å². The summed E-state index contributed by atoms with van der Waals surface area (Å²) >= 11 is 0. The number of amides is 1. The number of anilines is 1. The lowest BCUT2D eigenvalue weighted by atomic mass is 10.1. The largest absolute Gasteiger partial charge is 0.467 e. The number of sulfonamides is 1. The fourth-order valence-corrected chi connectivity index (χ4v) is 6.17. The molecule has 176 valence electrons. The van der Waals surface area contributed by atoms with Gasteiger partial charge in [0.25, 0.3) is 0 Å². The van der Waals surface area contributed by atoms with E-state index in [9.17, 15) is 18.0 Å². The minimum atomic E-state index is -3.49. The maximum atomic E-state index is 13.1. The summed E-state index contributed by atoms with van der Waals surface area (Å²) in [6.45, 7) is 1.13. The Bertz CT molecular complexity index is 1110. The number of esters is 1. The molecule has 0 bridgehead atoms. The van der Waals surface area contributed by atoms with E-state index >= 15 is 0 Å². The first kappa shape index (κ1) is 23.4. The summed E-state index contributed by atoms with van der Waals surface area (Å²) in [7, 11) is -2.16. The molecule has 1 amide bonds. The van der Waals surface area contributed by atoms with Gasteiger partial charge in [0.1, 0.15) is 6.04 Å². The van der Waals surface area contributed by atoms with Gasteiger partial charge in [-0.3, -0.25) is 9.69 Å². The van der Waals surface area contributed by atoms with Gasteiger partial charge in [0.15, 0.2) is 0 Å². The molecule has 1 saturated heterocycles. The average Bonchev–Trinajstić information content (AvgIpc) is 3.00. The maximum Gasteiger partial charge on any atom is 0.329 e. The van der Waals surface area contributed by atoms with Gasteiger partial charge in [-0.25, -0.2) is 13.2 Å². The summed E-state index contributed by atoms with van der Waals surface area (Å²) < 4.78 is 32.4. The van der Waals surface area contributed by atoms with E-state index in [1.165, 1.54) is 7.11 Å². The number of rotatable bonds is 6. The van der Waals surface area contributed by atoms with Crippen LogP contribution in [0.4, 0.5) is 5.69 Å². The standard InChI is InChI=1S/C25H30N2O5S/c1-32-25(29)23-18-20-8-4-5-9-22(20)27(23)24(28)15-12-19-10-13-21(14-11-19)33(30,31)26-16-6-2-3-7-17-26/h4-5,8-11,13-14,23H,2-3,6-7,12,15-18H2,1H3. The number of methoxy groups -OCH3 is 1. The second-order valence-electron chi connectivity index (χ2n) is 8.60. The Balaban J connectivity index is 1.43. The molecule has 0 spiro atoms. The summed E-state index contributed by atoms with van der Waals surface area (Å²) in [5.74, 6) is -0.584. The quantitative estimate of drug-likeness (QED) is 0.605. The molecule has 0 aromatic heterocycles. The number of benzene rings is 2. The third-order valence-electron chi connectivity index (χ3n) is 6.47. The van der Waals surface area contributed by atoms with Gasteiger partial charge in [0.2, 0.25) is 15.9 Å². The highest BCUT2D eigenvalue weighted by molar-refractivity contribution is 7.89. The number of hydrogen-bond acceptors (Lipinski definition) is 5. The summed E-state index contributed by atoms with van der Waals surface area (Å²) in [5, 5.41) is 0. The molecule has 1 fully saturated rings. The first-order chi connectivity index (χ1) is 15.9. The molecule has 0 saturated carbocycles. The summed E-state index contributed by atoms with van der Waals surface area (Å²) in [4.78, 5) is 27.2. The van der Waals surface area contributed by atoms with E-state index in [1.807, 2.05) is 24.3 Å². The number of aryl methyl sites for hydroxylation is 1. The topological polar surface area (TPSA) is 84.0 Å². The van der Waals surface area contributed by atoms with Gasteiger partial charge < -0.3 is 4.74 Å². The van der Waals surface area contributed by atoms with Crippen LogP contribution >= 0.6 is 0 Å². The van der Waals surface area contributed by atoms with Crippen LogP contribution in [-0.4, -0.2) is 50.8 Å². The maximum absolute atomic E-state index is 13.1. The van der Waals surface area contributed by atoms with E-state index in [-0.39, 0.29) is 12.3 Å².